The molecule has 1 aliphatic rings. The lowest BCUT2D eigenvalue weighted by molar-refractivity contribution is 0.0702. The lowest BCUT2D eigenvalue weighted by Gasteiger charge is -2.31. The van der Waals surface area contributed by atoms with Crippen LogP contribution in [0, 0.1) is 5.82 Å². The lowest BCUT2D eigenvalue weighted by atomic mass is 10.0. The fourth-order valence-electron chi connectivity index (χ4n) is 2.20. The van der Waals surface area contributed by atoms with E-state index in [9.17, 15) is 9.18 Å². The number of hydrogen-bond acceptors (Lipinski definition) is 2. The summed E-state index contributed by atoms with van der Waals surface area (Å²) in [4.78, 5) is 13.8. The van der Waals surface area contributed by atoms with Gasteiger partial charge >= 0.3 is 0 Å². The van der Waals surface area contributed by atoms with E-state index >= 15 is 0 Å². The smallest absolute Gasteiger partial charge is 0.256 e. The van der Waals surface area contributed by atoms with Gasteiger partial charge in [-0.1, -0.05) is 11.6 Å². The van der Waals surface area contributed by atoms with Crippen LogP contribution in [0.2, 0.25) is 5.02 Å². The Labute approximate surface area is 111 Å². The molecule has 1 aromatic rings. The summed E-state index contributed by atoms with van der Waals surface area (Å²) in [6, 6.07) is 4.61. The fourth-order valence-corrected chi connectivity index (χ4v) is 2.36. The first-order valence-electron chi connectivity index (χ1n) is 6.03. The second kappa shape index (κ2) is 5.67. The van der Waals surface area contributed by atoms with Gasteiger partial charge in [-0.05, 0) is 38.1 Å². The maximum Gasteiger partial charge on any atom is 0.256 e. The number of nitrogens with one attached hydrogen (secondary N) is 1. The van der Waals surface area contributed by atoms with E-state index in [1.807, 2.05) is 7.05 Å². The maximum atomic E-state index is 13.7. The van der Waals surface area contributed by atoms with Crippen LogP contribution in [0.1, 0.15) is 23.2 Å². The molecule has 1 aliphatic heterocycles. The molecular formula is C13H16ClFN2O. The Morgan fingerprint density at radius 1 is 1.44 bits per heavy atom. The van der Waals surface area contributed by atoms with Crippen LogP contribution in [0.5, 0.6) is 0 Å². The number of rotatable bonds is 2. The molecule has 2 rings (SSSR count). The van der Waals surface area contributed by atoms with Crippen LogP contribution in [-0.2, 0) is 0 Å². The van der Waals surface area contributed by atoms with Crippen molar-refractivity contribution in [3.63, 3.8) is 0 Å². The molecule has 0 saturated carbocycles. The summed E-state index contributed by atoms with van der Waals surface area (Å²) in [5.41, 5.74) is 0.0994. The zero-order valence-electron chi connectivity index (χ0n) is 10.2. The molecule has 0 unspecified atom stereocenters. The van der Waals surface area contributed by atoms with Gasteiger partial charge in [0.2, 0.25) is 0 Å². The van der Waals surface area contributed by atoms with E-state index in [-0.39, 0.29) is 11.5 Å². The summed E-state index contributed by atoms with van der Waals surface area (Å²) in [5, 5.41) is 3.50. The summed E-state index contributed by atoms with van der Waals surface area (Å²) < 4.78 is 13.7. The number of likely N-dealkylation sites (tertiary alicyclic amines) is 1. The summed E-state index contributed by atoms with van der Waals surface area (Å²) in [7, 11) is 1.92. The lowest BCUT2D eigenvalue weighted by Crippen LogP contribution is -2.44. The van der Waals surface area contributed by atoms with E-state index in [1.165, 1.54) is 18.2 Å². The highest BCUT2D eigenvalue weighted by Gasteiger charge is 2.24. The largest absolute Gasteiger partial charge is 0.338 e. The van der Waals surface area contributed by atoms with Crippen molar-refractivity contribution in [2.24, 2.45) is 0 Å². The molecule has 18 heavy (non-hydrogen) atoms. The molecule has 1 heterocycles. The third-order valence-corrected chi connectivity index (χ3v) is 3.59. The van der Waals surface area contributed by atoms with Crippen LogP contribution in [-0.4, -0.2) is 37.0 Å². The third kappa shape index (κ3) is 2.82. The molecule has 1 saturated heterocycles. The summed E-state index contributed by atoms with van der Waals surface area (Å²) in [5.74, 6) is -0.804. The van der Waals surface area contributed by atoms with Gasteiger partial charge in [0, 0.05) is 24.2 Å². The molecule has 0 bridgehead atoms. The topological polar surface area (TPSA) is 32.3 Å². The van der Waals surface area contributed by atoms with E-state index in [4.69, 9.17) is 11.6 Å². The van der Waals surface area contributed by atoms with Crippen LogP contribution in [0.15, 0.2) is 18.2 Å². The highest BCUT2D eigenvalue weighted by molar-refractivity contribution is 6.30. The highest BCUT2D eigenvalue weighted by atomic mass is 35.5. The molecule has 3 nitrogen and oxygen atoms in total. The molecule has 1 aromatic carbocycles. The van der Waals surface area contributed by atoms with Gasteiger partial charge in [-0.15, -0.1) is 0 Å². The minimum Gasteiger partial charge on any atom is -0.338 e. The van der Waals surface area contributed by atoms with Crippen molar-refractivity contribution in [1.29, 1.82) is 0 Å². The van der Waals surface area contributed by atoms with Crippen molar-refractivity contribution in [2.75, 3.05) is 20.1 Å². The molecule has 0 radical (unpaired) electrons. The van der Waals surface area contributed by atoms with Gasteiger partial charge in [-0.25, -0.2) is 4.39 Å². The Hall–Kier alpha value is -1.13. The summed E-state index contributed by atoms with van der Waals surface area (Å²) >= 11 is 5.67. The number of nitrogens with zero attached hydrogens (tertiary/aromatic N) is 1. The van der Waals surface area contributed by atoms with Gasteiger partial charge in [-0.3, -0.25) is 4.79 Å². The average molecular weight is 271 g/mol. The molecule has 1 amide bonds. The second-order valence-electron chi connectivity index (χ2n) is 4.48. The third-order valence-electron chi connectivity index (χ3n) is 3.35. The molecule has 5 heteroatoms. The Bertz CT molecular complexity index is 445. The average Bonchev–Trinajstić information content (AvgIpc) is 2.38. The number of carbonyl (C=O) groups excluding carboxylic acids is 1. The maximum absolute atomic E-state index is 13.7. The predicted molar refractivity (Wildman–Crippen MR) is 69.4 cm³/mol. The van der Waals surface area contributed by atoms with Gasteiger partial charge in [0.15, 0.2) is 0 Å². The minimum absolute atomic E-state index is 0.0994. The molecule has 0 spiro atoms. The molecule has 0 aliphatic carbocycles. The monoisotopic (exact) mass is 270 g/mol. The second-order valence-corrected chi connectivity index (χ2v) is 4.92. The van der Waals surface area contributed by atoms with Crippen LogP contribution >= 0.6 is 11.6 Å². The molecule has 98 valence electrons. The number of halogens is 2. The first kappa shape index (κ1) is 13.3. The zero-order valence-corrected chi connectivity index (χ0v) is 11.0. The fraction of sp³-hybridized carbons (Fsp3) is 0.462. The van der Waals surface area contributed by atoms with Crippen LogP contribution in [0.3, 0.4) is 0 Å². The number of carbonyl (C=O) groups is 1. The van der Waals surface area contributed by atoms with Gasteiger partial charge in [0.1, 0.15) is 5.82 Å². The Balaban J connectivity index is 2.08. The number of benzene rings is 1. The highest BCUT2D eigenvalue weighted by Crippen LogP contribution is 2.18. The van der Waals surface area contributed by atoms with E-state index in [0.29, 0.717) is 24.2 Å². The summed E-state index contributed by atoms with van der Waals surface area (Å²) in [6.07, 6.45) is 1.80. The van der Waals surface area contributed by atoms with Gasteiger partial charge in [-0.2, -0.15) is 0 Å². The van der Waals surface area contributed by atoms with E-state index < -0.39 is 5.82 Å². The van der Waals surface area contributed by atoms with Crippen molar-refractivity contribution in [1.82, 2.24) is 10.2 Å². The summed E-state index contributed by atoms with van der Waals surface area (Å²) in [6.45, 7) is 1.32. The Morgan fingerprint density at radius 3 is 2.67 bits per heavy atom. The van der Waals surface area contributed by atoms with Crippen molar-refractivity contribution in [3.8, 4) is 0 Å². The van der Waals surface area contributed by atoms with Gasteiger partial charge in [0.25, 0.3) is 5.91 Å². The minimum atomic E-state index is -0.553. The number of amides is 1. The molecule has 0 aromatic heterocycles. The van der Waals surface area contributed by atoms with Crippen LogP contribution < -0.4 is 5.32 Å². The molecule has 1 fully saturated rings. The quantitative estimate of drug-likeness (QED) is 0.894. The standard InChI is InChI=1S/C13H16ClFN2O/c1-16-10-4-6-17(7-5-10)13(18)11-3-2-9(14)8-12(11)15/h2-3,8,10,16H,4-7H2,1H3. The normalized spacial score (nSPS) is 16.9. The van der Waals surface area contributed by atoms with Crippen molar-refractivity contribution >= 4 is 17.5 Å². The van der Waals surface area contributed by atoms with E-state index in [1.54, 1.807) is 4.90 Å². The van der Waals surface area contributed by atoms with Gasteiger partial charge in [0.05, 0.1) is 5.56 Å². The Morgan fingerprint density at radius 2 is 2.11 bits per heavy atom. The van der Waals surface area contributed by atoms with Gasteiger partial charge < -0.3 is 10.2 Å². The van der Waals surface area contributed by atoms with Crippen LogP contribution in [0.4, 0.5) is 4.39 Å². The van der Waals surface area contributed by atoms with Crippen molar-refractivity contribution in [3.05, 3.63) is 34.6 Å². The SMILES string of the molecule is CNC1CCN(C(=O)c2ccc(Cl)cc2F)CC1. The Kier molecular flexibility index (Phi) is 4.19. The zero-order chi connectivity index (χ0) is 13.1. The van der Waals surface area contributed by atoms with E-state index in [0.717, 1.165) is 12.8 Å². The molecule has 0 atom stereocenters. The number of piperidine rings is 1. The first-order valence-corrected chi connectivity index (χ1v) is 6.41. The van der Waals surface area contributed by atoms with E-state index in [2.05, 4.69) is 5.32 Å². The van der Waals surface area contributed by atoms with Crippen molar-refractivity contribution < 1.29 is 9.18 Å². The first-order chi connectivity index (χ1) is 8.61. The predicted octanol–water partition coefficient (Wildman–Crippen LogP) is 2.30. The van der Waals surface area contributed by atoms with Crippen molar-refractivity contribution in [2.45, 2.75) is 18.9 Å². The number of hydrogen-bond donors (Lipinski definition) is 1. The molecule has 1 N–H and O–H groups in total. The van der Waals surface area contributed by atoms with Crippen LogP contribution in [0.25, 0.3) is 0 Å². The molecular weight excluding hydrogens is 255 g/mol.